The van der Waals surface area contributed by atoms with E-state index in [1.165, 1.54) is 16.4 Å². The highest BCUT2D eigenvalue weighted by atomic mass is 35.5. The highest BCUT2D eigenvalue weighted by Crippen LogP contribution is 2.33. The van der Waals surface area contributed by atoms with Crippen LogP contribution in [-0.4, -0.2) is 29.1 Å². The normalized spacial score (nSPS) is 14.8. The summed E-state index contributed by atoms with van der Waals surface area (Å²) in [6.45, 7) is 1.98. The van der Waals surface area contributed by atoms with Crippen LogP contribution < -0.4 is 9.03 Å². The maximum atomic E-state index is 12.6. The summed E-state index contributed by atoms with van der Waals surface area (Å²) in [4.78, 5) is -0.0302. The molecule has 0 atom stereocenters. The first-order valence-corrected chi connectivity index (χ1v) is 11.6. The van der Waals surface area contributed by atoms with Gasteiger partial charge in [0.15, 0.2) is 0 Å². The first-order valence-electron chi connectivity index (χ1n) is 8.15. The lowest BCUT2D eigenvalue weighted by Gasteiger charge is -2.30. The molecular formula is C17H19ClN2O4S2. The predicted octanol–water partition coefficient (Wildman–Crippen LogP) is 3.24. The third kappa shape index (κ3) is 3.67. The Balaban J connectivity index is 1.99. The van der Waals surface area contributed by atoms with E-state index in [-0.39, 0.29) is 15.7 Å². The van der Waals surface area contributed by atoms with Crippen LogP contribution in [0.15, 0.2) is 47.4 Å². The summed E-state index contributed by atoms with van der Waals surface area (Å²) in [6.07, 6.45) is 1.49. The van der Waals surface area contributed by atoms with E-state index >= 15 is 0 Å². The highest BCUT2D eigenvalue weighted by Gasteiger charge is 2.27. The minimum absolute atomic E-state index is 0.0119. The van der Waals surface area contributed by atoms with Crippen molar-refractivity contribution in [3.8, 4) is 0 Å². The molecule has 26 heavy (non-hydrogen) atoms. The summed E-state index contributed by atoms with van der Waals surface area (Å²) in [7, 11) is -7.30. The van der Waals surface area contributed by atoms with E-state index in [1.807, 2.05) is 0 Å². The SMILES string of the molecule is CCS(=O)(=O)N1CCCc2ccc(NS(=O)(=O)c3ccccc3Cl)cc21. The van der Waals surface area contributed by atoms with Crippen molar-refractivity contribution in [2.45, 2.75) is 24.7 Å². The topological polar surface area (TPSA) is 83.6 Å². The molecule has 0 aliphatic carbocycles. The quantitative estimate of drug-likeness (QED) is 0.813. The van der Waals surface area contributed by atoms with Crippen molar-refractivity contribution in [2.24, 2.45) is 0 Å². The average Bonchev–Trinajstić information content (AvgIpc) is 2.61. The predicted molar refractivity (Wildman–Crippen MR) is 104 cm³/mol. The highest BCUT2D eigenvalue weighted by molar-refractivity contribution is 7.93. The summed E-state index contributed by atoms with van der Waals surface area (Å²) in [5.74, 6) is -0.0119. The first kappa shape index (κ1) is 19.0. The van der Waals surface area contributed by atoms with Gasteiger partial charge in [-0.25, -0.2) is 16.8 Å². The molecule has 0 aromatic heterocycles. The molecule has 0 saturated carbocycles. The molecule has 0 spiro atoms. The zero-order chi connectivity index (χ0) is 18.9. The number of nitrogens with one attached hydrogen (secondary N) is 1. The number of aryl methyl sites for hydroxylation is 1. The van der Waals surface area contributed by atoms with E-state index in [9.17, 15) is 16.8 Å². The van der Waals surface area contributed by atoms with E-state index in [4.69, 9.17) is 11.6 Å². The number of hydrogen-bond acceptors (Lipinski definition) is 4. The third-order valence-electron chi connectivity index (χ3n) is 4.24. The van der Waals surface area contributed by atoms with Crippen LogP contribution >= 0.6 is 11.6 Å². The molecule has 2 aromatic carbocycles. The Morgan fingerprint density at radius 2 is 1.85 bits per heavy atom. The minimum Gasteiger partial charge on any atom is -0.280 e. The second-order valence-electron chi connectivity index (χ2n) is 5.96. The molecule has 1 aliphatic heterocycles. The molecule has 0 radical (unpaired) electrons. The van der Waals surface area contributed by atoms with Gasteiger partial charge < -0.3 is 0 Å². The number of hydrogen-bond donors (Lipinski definition) is 1. The fourth-order valence-corrected chi connectivity index (χ4v) is 5.68. The van der Waals surface area contributed by atoms with Crippen LogP contribution in [0.1, 0.15) is 18.9 Å². The Kier molecular flexibility index (Phi) is 5.18. The average molecular weight is 415 g/mol. The van der Waals surface area contributed by atoms with Crippen LogP contribution in [0.5, 0.6) is 0 Å². The van der Waals surface area contributed by atoms with Gasteiger partial charge in [-0.3, -0.25) is 9.03 Å². The molecule has 0 fully saturated rings. The van der Waals surface area contributed by atoms with Crippen LogP contribution in [0, 0.1) is 0 Å². The van der Waals surface area contributed by atoms with Crippen molar-refractivity contribution in [1.29, 1.82) is 0 Å². The molecule has 0 amide bonds. The Labute approximate surface area is 158 Å². The van der Waals surface area contributed by atoms with Crippen molar-refractivity contribution in [2.75, 3.05) is 21.3 Å². The molecule has 140 valence electrons. The van der Waals surface area contributed by atoms with Crippen molar-refractivity contribution in [3.05, 3.63) is 53.1 Å². The molecule has 1 aliphatic rings. The molecule has 3 rings (SSSR count). The van der Waals surface area contributed by atoms with Gasteiger partial charge in [-0.2, -0.15) is 0 Å². The zero-order valence-corrected chi connectivity index (χ0v) is 16.5. The van der Waals surface area contributed by atoms with E-state index in [0.717, 1.165) is 18.4 Å². The third-order valence-corrected chi connectivity index (χ3v) is 7.90. The lowest BCUT2D eigenvalue weighted by Crippen LogP contribution is -2.36. The Hall–Kier alpha value is -1.77. The smallest absolute Gasteiger partial charge is 0.263 e. The number of sulfonamides is 2. The van der Waals surface area contributed by atoms with Crippen molar-refractivity contribution in [1.82, 2.24) is 0 Å². The van der Waals surface area contributed by atoms with Crippen LogP contribution in [0.3, 0.4) is 0 Å². The van der Waals surface area contributed by atoms with Gasteiger partial charge in [-0.05, 0) is 49.6 Å². The van der Waals surface area contributed by atoms with Crippen LogP contribution in [0.2, 0.25) is 5.02 Å². The number of halogens is 1. The first-order chi connectivity index (χ1) is 12.2. The molecule has 0 bridgehead atoms. The van der Waals surface area contributed by atoms with Crippen LogP contribution in [0.25, 0.3) is 0 Å². The number of anilines is 2. The van der Waals surface area contributed by atoms with Crippen LogP contribution in [0.4, 0.5) is 11.4 Å². The molecule has 9 heteroatoms. The molecule has 2 aromatic rings. The molecule has 1 heterocycles. The summed E-state index contributed by atoms with van der Waals surface area (Å²) >= 11 is 5.99. The fourth-order valence-electron chi connectivity index (χ4n) is 2.92. The molecule has 0 unspecified atom stereocenters. The second-order valence-corrected chi connectivity index (χ2v) is 10.2. The van der Waals surface area contributed by atoms with Gasteiger partial charge in [-0.1, -0.05) is 29.8 Å². The Morgan fingerprint density at radius 3 is 2.54 bits per heavy atom. The van der Waals surface area contributed by atoms with Gasteiger partial charge in [0, 0.05) is 6.54 Å². The van der Waals surface area contributed by atoms with Gasteiger partial charge >= 0.3 is 0 Å². The Bertz CT molecular complexity index is 1040. The Morgan fingerprint density at radius 1 is 1.12 bits per heavy atom. The van der Waals surface area contributed by atoms with E-state index in [1.54, 1.807) is 37.3 Å². The maximum absolute atomic E-state index is 12.6. The summed E-state index contributed by atoms with van der Waals surface area (Å²) in [5, 5.41) is 0.119. The van der Waals surface area contributed by atoms with Gasteiger partial charge in [0.2, 0.25) is 10.0 Å². The molecule has 0 saturated heterocycles. The van der Waals surface area contributed by atoms with E-state index in [2.05, 4.69) is 4.72 Å². The standard InChI is InChI=1S/C17H19ClN2O4S2/c1-2-25(21,22)20-11-5-6-13-9-10-14(12-16(13)20)19-26(23,24)17-8-4-3-7-15(17)18/h3-4,7-10,12,19H,2,5-6,11H2,1H3. The number of rotatable bonds is 5. The van der Waals surface area contributed by atoms with Crippen molar-refractivity contribution >= 4 is 43.0 Å². The molecular weight excluding hydrogens is 396 g/mol. The zero-order valence-electron chi connectivity index (χ0n) is 14.1. The van der Waals surface area contributed by atoms with Crippen molar-refractivity contribution < 1.29 is 16.8 Å². The number of benzene rings is 2. The van der Waals surface area contributed by atoms with Gasteiger partial charge in [0.25, 0.3) is 10.0 Å². The van der Waals surface area contributed by atoms with Gasteiger partial charge in [-0.15, -0.1) is 0 Å². The molecule has 1 N–H and O–H groups in total. The molecule has 6 nitrogen and oxygen atoms in total. The lowest BCUT2D eigenvalue weighted by molar-refractivity contribution is 0.587. The fraction of sp³-hybridized carbons (Fsp3) is 0.294. The largest absolute Gasteiger partial charge is 0.280 e. The maximum Gasteiger partial charge on any atom is 0.263 e. The van der Waals surface area contributed by atoms with E-state index in [0.29, 0.717) is 17.9 Å². The minimum atomic E-state index is -3.88. The van der Waals surface area contributed by atoms with Crippen LogP contribution in [-0.2, 0) is 26.5 Å². The number of nitrogens with zero attached hydrogens (tertiary/aromatic N) is 1. The summed E-state index contributed by atoms with van der Waals surface area (Å²) in [6, 6.07) is 11.1. The van der Waals surface area contributed by atoms with E-state index < -0.39 is 20.0 Å². The monoisotopic (exact) mass is 414 g/mol. The summed E-state index contributed by atoms with van der Waals surface area (Å²) in [5.41, 5.74) is 1.70. The number of fused-ring (bicyclic) bond motifs is 1. The lowest BCUT2D eigenvalue weighted by atomic mass is 10.0. The van der Waals surface area contributed by atoms with Gasteiger partial charge in [0.05, 0.1) is 22.2 Å². The van der Waals surface area contributed by atoms with Gasteiger partial charge in [0.1, 0.15) is 4.90 Å². The van der Waals surface area contributed by atoms with Crippen molar-refractivity contribution in [3.63, 3.8) is 0 Å². The summed E-state index contributed by atoms with van der Waals surface area (Å²) < 4.78 is 53.7. The second kappa shape index (κ2) is 7.09.